The van der Waals surface area contributed by atoms with Gasteiger partial charge in [-0.2, -0.15) is 0 Å². The van der Waals surface area contributed by atoms with Crippen LogP contribution >= 0.6 is 27.7 Å². The number of nitrogens with zero attached hydrogens (tertiary/aromatic N) is 1. The van der Waals surface area contributed by atoms with Gasteiger partial charge in [-0.3, -0.25) is 19.7 Å². The van der Waals surface area contributed by atoms with Crippen LogP contribution in [0.25, 0.3) is 0 Å². The highest BCUT2D eigenvalue weighted by atomic mass is 79.9. The van der Waals surface area contributed by atoms with Crippen LogP contribution in [0.3, 0.4) is 0 Å². The Bertz CT molecular complexity index is 951. The summed E-state index contributed by atoms with van der Waals surface area (Å²) >= 11 is 4.78. The van der Waals surface area contributed by atoms with Gasteiger partial charge in [0.25, 0.3) is 11.6 Å². The second-order valence-electron chi connectivity index (χ2n) is 6.01. The Morgan fingerprint density at radius 2 is 1.93 bits per heavy atom. The van der Waals surface area contributed by atoms with Crippen LogP contribution in [0.1, 0.15) is 11.1 Å². The zero-order valence-electron chi connectivity index (χ0n) is 16.0. The van der Waals surface area contributed by atoms with Gasteiger partial charge in [0.1, 0.15) is 5.75 Å². The molecule has 0 heterocycles. The molecule has 10 heteroatoms. The number of ether oxygens (including phenoxy) is 2. The predicted octanol–water partition coefficient (Wildman–Crippen LogP) is 4.26. The number of rotatable bonds is 8. The fourth-order valence-electron chi connectivity index (χ4n) is 2.33. The number of methoxy groups -OCH3 is 1. The number of anilines is 1. The fourth-order valence-corrected chi connectivity index (χ4v) is 3.69. The number of nitro groups is 1. The van der Waals surface area contributed by atoms with Crippen molar-refractivity contribution in [3.8, 4) is 5.75 Å². The Balaban J connectivity index is 1.89. The van der Waals surface area contributed by atoms with Crippen LogP contribution in [0.15, 0.2) is 39.7 Å². The molecule has 2 rings (SSSR count). The summed E-state index contributed by atoms with van der Waals surface area (Å²) in [5.74, 6) is -0.865. The summed E-state index contributed by atoms with van der Waals surface area (Å²) in [6.45, 7) is 3.39. The molecule has 0 fully saturated rings. The van der Waals surface area contributed by atoms with Gasteiger partial charge >= 0.3 is 5.97 Å². The summed E-state index contributed by atoms with van der Waals surface area (Å²) in [5.41, 5.74) is 2.00. The summed E-state index contributed by atoms with van der Waals surface area (Å²) in [5, 5.41) is 13.3. The van der Waals surface area contributed by atoms with E-state index in [4.69, 9.17) is 9.47 Å². The Morgan fingerprint density at radius 3 is 2.59 bits per heavy atom. The number of carbonyl (C=O) groups excluding carboxylic acids is 2. The van der Waals surface area contributed by atoms with Gasteiger partial charge in [0, 0.05) is 21.5 Å². The highest BCUT2D eigenvalue weighted by Crippen LogP contribution is 2.29. The first-order valence-corrected chi connectivity index (χ1v) is 10.2. The molecule has 0 radical (unpaired) electrons. The molecule has 29 heavy (non-hydrogen) atoms. The largest absolute Gasteiger partial charge is 0.495 e. The van der Waals surface area contributed by atoms with Crippen molar-refractivity contribution in [1.82, 2.24) is 0 Å². The van der Waals surface area contributed by atoms with Gasteiger partial charge in [-0.15, -0.1) is 11.8 Å². The number of nitrogens with one attached hydrogen (secondary N) is 1. The number of thioether (sulfide) groups is 1. The molecule has 0 spiro atoms. The summed E-state index contributed by atoms with van der Waals surface area (Å²) in [6, 6.07) is 7.76. The summed E-state index contributed by atoms with van der Waals surface area (Å²) < 4.78 is 11.1. The lowest BCUT2D eigenvalue weighted by molar-refractivity contribution is -0.384. The van der Waals surface area contributed by atoms with Crippen molar-refractivity contribution < 1.29 is 24.0 Å². The number of nitro benzene ring substituents is 1. The lowest BCUT2D eigenvalue weighted by atomic mass is 10.2. The van der Waals surface area contributed by atoms with Crippen LogP contribution in [0.4, 0.5) is 11.4 Å². The second-order valence-corrected chi connectivity index (χ2v) is 7.88. The van der Waals surface area contributed by atoms with E-state index in [-0.39, 0.29) is 22.9 Å². The average molecular weight is 483 g/mol. The van der Waals surface area contributed by atoms with Crippen LogP contribution in [0.2, 0.25) is 0 Å². The smallest absolute Gasteiger partial charge is 0.316 e. The minimum absolute atomic E-state index is 0.0509. The molecule has 8 nitrogen and oxygen atoms in total. The van der Waals surface area contributed by atoms with Crippen LogP contribution in [-0.2, 0) is 14.3 Å². The third kappa shape index (κ3) is 6.47. The first-order chi connectivity index (χ1) is 13.7. The lowest BCUT2D eigenvalue weighted by Gasteiger charge is -2.11. The van der Waals surface area contributed by atoms with Crippen molar-refractivity contribution in [2.24, 2.45) is 0 Å². The van der Waals surface area contributed by atoms with Crippen LogP contribution < -0.4 is 10.1 Å². The molecule has 1 N–H and O–H groups in total. The van der Waals surface area contributed by atoms with E-state index in [1.165, 1.54) is 37.1 Å². The normalized spacial score (nSPS) is 10.3. The number of carbonyl (C=O) groups is 2. The number of amides is 1. The fraction of sp³-hybridized carbons (Fsp3) is 0.263. The first kappa shape index (κ1) is 22.7. The van der Waals surface area contributed by atoms with Gasteiger partial charge in [0.15, 0.2) is 6.61 Å². The SMILES string of the molecule is COc1ccc([N+](=O)[O-])cc1NC(=O)COC(=O)CSc1cc(C)c(Br)cc1C. The maximum atomic E-state index is 12.1. The zero-order chi connectivity index (χ0) is 21.6. The van der Waals surface area contributed by atoms with E-state index in [1.807, 2.05) is 26.0 Å². The van der Waals surface area contributed by atoms with Gasteiger partial charge < -0.3 is 14.8 Å². The molecule has 0 aliphatic rings. The van der Waals surface area contributed by atoms with Crippen LogP contribution in [0, 0.1) is 24.0 Å². The summed E-state index contributed by atoms with van der Waals surface area (Å²) in [4.78, 5) is 35.3. The quantitative estimate of drug-likeness (QED) is 0.259. The van der Waals surface area contributed by atoms with E-state index in [0.29, 0.717) is 0 Å². The van der Waals surface area contributed by atoms with Gasteiger partial charge in [-0.25, -0.2) is 0 Å². The molecule has 0 aliphatic carbocycles. The van der Waals surface area contributed by atoms with E-state index in [1.54, 1.807) is 0 Å². The maximum Gasteiger partial charge on any atom is 0.316 e. The molecular formula is C19H19BrN2O6S. The van der Waals surface area contributed by atoms with Crippen molar-refractivity contribution >= 4 is 50.9 Å². The van der Waals surface area contributed by atoms with E-state index >= 15 is 0 Å². The lowest BCUT2D eigenvalue weighted by Crippen LogP contribution is -2.22. The monoisotopic (exact) mass is 482 g/mol. The molecule has 2 aromatic carbocycles. The minimum Gasteiger partial charge on any atom is -0.495 e. The van der Waals surface area contributed by atoms with Crippen molar-refractivity contribution in [2.75, 3.05) is 24.8 Å². The highest BCUT2D eigenvalue weighted by molar-refractivity contribution is 9.10. The van der Waals surface area contributed by atoms with Gasteiger partial charge in [-0.1, -0.05) is 15.9 Å². The van der Waals surface area contributed by atoms with Crippen molar-refractivity contribution in [2.45, 2.75) is 18.7 Å². The molecule has 0 aliphatic heterocycles. The minimum atomic E-state index is -0.627. The highest BCUT2D eigenvalue weighted by Gasteiger charge is 2.15. The molecule has 2 aromatic rings. The van der Waals surface area contributed by atoms with Crippen LogP contribution in [-0.4, -0.2) is 36.3 Å². The Morgan fingerprint density at radius 1 is 1.21 bits per heavy atom. The number of hydrogen-bond donors (Lipinski definition) is 1. The molecule has 0 saturated heterocycles. The molecule has 1 amide bonds. The summed E-state index contributed by atoms with van der Waals surface area (Å²) in [6.07, 6.45) is 0. The molecule has 0 aromatic heterocycles. The van der Waals surface area contributed by atoms with Crippen molar-refractivity contribution in [3.05, 3.63) is 56.0 Å². The third-order valence-electron chi connectivity index (χ3n) is 3.83. The summed E-state index contributed by atoms with van der Waals surface area (Å²) in [7, 11) is 1.37. The molecule has 154 valence electrons. The molecule has 0 atom stereocenters. The number of hydrogen-bond acceptors (Lipinski definition) is 7. The van der Waals surface area contributed by atoms with Crippen molar-refractivity contribution in [1.29, 1.82) is 0 Å². The molecule has 0 saturated carbocycles. The van der Waals surface area contributed by atoms with Gasteiger partial charge in [0.05, 0.1) is 23.5 Å². The Hall–Kier alpha value is -2.59. The molecular weight excluding hydrogens is 464 g/mol. The number of esters is 1. The van der Waals surface area contributed by atoms with E-state index < -0.39 is 23.4 Å². The topological polar surface area (TPSA) is 108 Å². The standard InChI is InChI=1S/C19H19BrN2O6S/c1-11-7-17(12(2)6-14(11)20)29-10-19(24)28-9-18(23)21-15-8-13(22(25)26)4-5-16(15)27-3/h4-8H,9-10H2,1-3H3,(H,21,23). The number of aryl methyl sites for hydroxylation is 2. The number of benzene rings is 2. The third-order valence-corrected chi connectivity index (χ3v) is 5.82. The zero-order valence-corrected chi connectivity index (χ0v) is 18.4. The Kier molecular flexibility index (Phi) is 8.03. The van der Waals surface area contributed by atoms with Gasteiger partial charge in [-0.05, 0) is 43.2 Å². The van der Waals surface area contributed by atoms with E-state index in [2.05, 4.69) is 21.2 Å². The maximum absolute atomic E-state index is 12.1. The number of non-ortho nitro benzene ring substituents is 1. The number of halogens is 1. The Labute approximate surface area is 180 Å². The average Bonchev–Trinajstić information content (AvgIpc) is 2.68. The predicted molar refractivity (Wildman–Crippen MR) is 114 cm³/mol. The van der Waals surface area contributed by atoms with Gasteiger partial charge in [0.2, 0.25) is 0 Å². The second kappa shape index (κ2) is 10.3. The molecule has 0 bridgehead atoms. The first-order valence-electron chi connectivity index (χ1n) is 8.38. The van der Waals surface area contributed by atoms with Crippen molar-refractivity contribution in [3.63, 3.8) is 0 Å². The molecule has 0 unspecified atom stereocenters. The van der Waals surface area contributed by atoms with E-state index in [0.717, 1.165) is 20.5 Å². The van der Waals surface area contributed by atoms with Crippen LogP contribution in [0.5, 0.6) is 5.75 Å². The van der Waals surface area contributed by atoms with E-state index in [9.17, 15) is 19.7 Å².